The fraction of sp³-hybridized carbons (Fsp3) is 0.143. The largest absolute Gasteiger partial charge is 0.494 e. The molecule has 1 amide bonds. The molecule has 0 saturated heterocycles. The summed E-state index contributed by atoms with van der Waals surface area (Å²) in [5.41, 5.74) is 3.85. The smallest absolute Gasteiger partial charge is 0.278 e. The van der Waals surface area contributed by atoms with Gasteiger partial charge in [0, 0.05) is 7.05 Å². The molecule has 7 nitrogen and oxygen atoms in total. The number of aryl methyl sites for hydroxylation is 1. The van der Waals surface area contributed by atoms with E-state index in [2.05, 4.69) is 27.2 Å². The Kier molecular flexibility index (Phi) is 5.64. The van der Waals surface area contributed by atoms with Gasteiger partial charge in [0.1, 0.15) is 17.3 Å². The summed E-state index contributed by atoms with van der Waals surface area (Å²) in [5, 5.41) is 10.3. The van der Waals surface area contributed by atoms with Crippen molar-refractivity contribution in [2.24, 2.45) is 12.0 Å². The first kappa shape index (κ1) is 19.0. The van der Waals surface area contributed by atoms with E-state index >= 15 is 0 Å². The summed E-state index contributed by atoms with van der Waals surface area (Å²) in [4.78, 5) is 17.0. The maximum Gasteiger partial charge on any atom is 0.278 e. The van der Waals surface area contributed by atoms with Crippen LogP contribution in [0.5, 0.6) is 5.75 Å². The Balaban J connectivity index is 2.00. The van der Waals surface area contributed by atoms with Gasteiger partial charge in [-0.3, -0.25) is 9.48 Å². The molecule has 0 radical (unpaired) electrons. The lowest BCUT2D eigenvalue weighted by Gasteiger charge is -2.14. The average molecular weight is 375 g/mol. The third kappa shape index (κ3) is 3.98. The monoisotopic (exact) mass is 375 g/mol. The molecule has 28 heavy (non-hydrogen) atoms. The second-order valence-electron chi connectivity index (χ2n) is 6.09. The van der Waals surface area contributed by atoms with E-state index in [4.69, 9.17) is 4.74 Å². The summed E-state index contributed by atoms with van der Waals surface area (Å²) in [5.74, 6) is 0.482. The van der Waals surface area contributed by atoms with Crippen LogP contribution in [-0.2, 0) is 7.05 Å². The van der Waals surface area contributed by atoms with E-state index in [1.165, 1.54) is 17.0 Å². The van der Waals surface area contributed by atoms with Crippen molar-refractivity contribution in [2.45, 2.75) is 6.92 Å². The molecule has 142 valence electrons. The van der Waals surface area contributed by atoms with E-state index in [-0.39, 0.29) is 5.69 Å². The van der Waals surface area contributed by atoms with Crippen LogP contribution in [0.1, 0.15) is 16.1 Å². The Morgan fingerprint density at radius 2 is 2.00 bits per heavy atom. The molecule has 0 saturated carbocycles. The van der Waals surface area contributed by atoms with E-state index < -0.39 is 5.91 Å². The molecule has 0 bridgehead atoms. The predicted octanol–water partition coefficient (Wildman–Crippen LogP) is 3.45. The molecular formula is C21H21N5O2. The summed E-state index contributed by atoms with van der Waals surface area (Å²) in [7, 11) is 3.28. The van der Waals surface area contributed by atoms with Crippen molar-refractivity contribution in [3.8, 4) is 16.9 Å². The maximum absolute atomic E-state index is 12.4. The van der Waals surface area contributed by atoms with Crippen molar-refractivity contribution in [3.05, 3.63) is 72.6 Å². The van der Waals surface area contributed by atoms with Gasteiger partial charge in [0.05, 0.1) is 13.3 Å². The molecule has 7 heteroatoms. The minimum absolute atomic E-state index is 0.193. The summed E-state index contributed by atoms with van der Waals surface area (Å²) in [6.07, 6.45) is 3.00. The van der Waals surface area contributed by atoms with E-state index in [1.54, 1.807) is 14.2 Å². The summed E-state index contributed by atoms with van der Waals surface area (Å²) in [6, 6.07) is 13.9. The van der Waals surface area contributed by atoms with Gasteiger partial charge in [-0.1, -0.05) is 48.2 Å². The van der Waals surface area contributed by atoms with Crippen LogP contribution < -0.4 is 10.1 Å². The molecule has 0 aliphatic heterocycles. The number of ether oxygens (including phenoxy) is 1. The predicted molar refractivity (Wildman–Crippen MR) is 109 cm³/mol. The van der Waals surface area contributed by atoms with Gasteiger partial charge < -0.3 is 10.1 Å². The van der Waals surface area contributed by atoms with Crippen LogP contribution in [0.4, 0.5) is 5.69 Å². The van der Waals surface area contributed by atoms with E-state index in [0.717, 1.165) is 16.7 Å². The summed E-state index contributed by atoms with van der Waals surface area (Å²) >= 11 is 0. The number of carbonyl (C=O) groups excluding carboxylic acids is 1. The van der Waals surface area contributed by atoms with Gasteiger partial charge in [-0.15, -0.1) is 5.10 Å². The molecule has 0 atom stereocenters. The highest BCUT2D eigenvalue weighted by Gasteiger charge is 2.15. The normalized spacial score (nSPS) is 11.2. The fourth-order valence-electron chi connectivity index (χ4n) is 2.79. The number of amidine groups is 1. The second kappa shape index (κ2) is 8.30. The molecule has 2 aromatic carbocycles. The zero-order valence-electron chi connectivity index (χ0n) is 16.0. The van der Waals surface area contributed by atoms with Gasteiger partial charge in [-0.2, -0.15) is 0 Å². The van der Waals surface area contributed by atoms with Crippen LogP contribution in [0, 0.1) is 6.92 Å². The number of amides is 1. The van der Waals surface area contributed by atoms with E-state index in [9.17, 15) is 4.79 Å². The molecule has 0 unspecified atom stereocenters. The number of aliphatic imine (C=N–C) groups is 1. The third-order valence-electron chi connectivity index (χ3n) is 4.20. The fourth-order valence-corrected chi connectivity index (χ4v) is 2.79. The van der Waals surface area contributed by atoms with Crippen molar-refractivity contribution in [1.29, 1.82) is 0 Å². The van der Waals surface area contributed by atoms with Crippen LogP contribution in [-0.4, -0.2) is 33.8 Å². The number of methoxy groups -OCH3 is 1. The Hall–Kier alpha value is -3.74. The number of nitrogens with zero attached hydrogens (tertiary/aromatic N) is 4. The standard InChI is InChI=1S/C21H21N5O2/c1-5-19(23-21(27)17-13-26(3)25-24-17)22-20-14(2)16(11-12-18(20)28-4)15-9-7-6-8-10-15/h5-13H,1H2,2-4H3,(H,22,23,27). The van der Waals surface area contributed by atoms with E-state index in [0.29, 0.717) is 17.3 Å². The van der Waals surface area contributed by atoms with Crippen LogP contribution in [0.3, 0.4) is 0 Å². The summed E-state index contributed by atoms with van der Waals surface area (Å²) < 4.78 is 6.93. The third-order valence-corrected chi connectivity index (χ3v) is 4.20. The lowest BCUT2D eigenvalue weighted by Crippen LogP contribution is -2.29. The average Bonchev–Trinajstić information content (AvgIpc) is 3.15. The maximum atomic E-state index is 12.4. The van der Waals surface area contributed by atoms with Gasteiger partial charge >= 0.3 is 0 Å². The van der Waals surface area contributed by atoms with Crippen LogP contribution in [0.15, 0.2) is 66.3 Å². The molecule has 0 spiro atoms. The highest BCUT2D eigenvalue weighted by Crippen LogP contribution is 2.37. The lowest BCUT2D eigenvalue weighted by molar-refractivity contribution is 0.0972. The molecule has 1 N–H and O–H groups in total. The van der Waals surface area contributed by atoms with Gasteiger partial charge in [0.2, 0.25) is 0 Å². The SMILES string of the molecule is C=C/C(=N\c1c(OC)ccc(-c2ccccc2)c1C)NC(=O)c1cn(C)nn1. The molecule has 1 aromatic heterocycles. The number of rotatable bonds is 5. The minimum atomic E-state index is -0.414. The lowest BCUT2D eigenvalue weighted by atomic mass is 9.99. The number of hydrogen-bond donors (Lipinski definition) is 1. The summed E-state index contributed by atoms with van der Waals surface area (Å²) in [6.45, 7) is 5.71. The Bertz CT molecular complexity index is 1040. The first-order chi connectivity index (χ1) is 13.5. The molecule has 0 aliphatic rings. The first-order valence-electron chi connectivity index (χ1n) is 8.65. The Morgan fingerprint density at radius 3 is 2.61 bits per heavy atom. The van der Waals surface area contributed by atoms with Gasteiger partial charge in [-0.05, 0) is 35.8 Å². The van der Waals surface area contributed by atoms with Gasteiger partial charge in [-0.25, -0.2) is 4.99 Å². The van der Waals surface area contributed by atoms with Crippen LogP contribution in [0.2, 0.25) is 0 Å². The highest BCUT2D eigenvalue weighted by atomic mass is 16.5. The molecule has 1 heterocycles. The van der Waals surface area contributed by atoms with Crippen molar-refractivity contribution in [1.82, 2.24) is 20.3 Å². The number of benzene rings is 2. The molecular weight excluding hydrogens is 354 g/mol. The number of hydrogen-bond acceptors (Lipinski definition) is 5. The topological polar surface area (TPSA) is 81.4 Å². The number of nitrogens with one attached hydrogen (secondary N) is 1. The first-order valence-corrected chi connectivity index (χ1v) is 8.65. The van der Waals surface area contributed by atoms with Crippen molar-refractivity contribution >= 4 is 17.4 Å². The van der Waals surface area contributed by atoms with E-state index in [1.807, 2.05) is 49.4 Å². The van der Waals surface area contributed by atoms with Crippen LogP contribution in [0.25, 0.3) is 11.1 Å². The van der Waals surface area contributed by atoms with Crippen molar-refractivity contribution in [2.75, 3.05) is 7.11 Å². The van der Waals surface area contributed by atoms with Crippen molar-refractivity contribution in [3.63, 3.8) is 0 Å². The zero-order chi connectivity index (χ0) is 20.1. The second-order valence-corrected chi connectivity index (χ2v) is 6.09. The number of carbonyl (C=O) groups is 1. The highest BCUT2D eigenvalue weighted by molar-refractivity contribution is 6.10. The molecule has 0 aliphatic carbocycles. The zero-order valence-corrected chi connectivity index (χ0v) is 16.0. The van der Waals surface area contributed by atoms with Gasteiger partial charge in [0.25, 0.3) is 5.91 Å². The Morgan fingerprint density at radius 1 is 1.25 bits per heavy atom. The van der Waals surface area contributed by atoms with Crippen LogP contribution >= 0.6 is 0 Å². The minimum Gasteiger partial charge on any atom is -0.494 e. The quantitative estimate of drug-likeness (QED) is 0.547. The Labute approximate surface area is 163 Å². The molecule has 3 aromatic rings. The molecule has 3 rings (SSSR count). The molecule has 0 fully saturated rings. The van der Waals surface area contributed by atoms with Crippen molar-refractivity contribution < 1.29 is 9.53 Å². The van der Waals surface area contributed by atoms with Gasteiger partial charge in [0.15, 0.2) is 5.69 Å². The number of aromatic nitrogens is 3.